The number of likely N-dealkylation sites (tertiary alicyclic amines) is 2. The number of benzene rings is 1. The molecule has 0 aliphatic carbocycles. The van der Waals surface area contributed by atoms with E-state index in [0.717, 1.165) is 37.0 Å². The Hall–Kier alpha value is -2.08. The highest BCUT2D eigenvalue weighted by molar-refractivity contribution is 5.77. The second kappa shape index (κ2) is 8.74. The van der Waals surface area contributed by atoms with E-state index in [1.807, 2.05) is 0 Å². The van der Waals surface area contributed by atoms with E-state index in [2.05, 4.69) is 48.3 Å². The standard InChI is InChI=1S/C21H31N3O3/c1-15-9-16(2)12-23(11-15)13-18-5-3-17(4-6-18)10-22-21(27)24-8-7-19(14-24)20(25)26/h3-6,15-16,19H,7-14H2,1-2H3,(H,22,27)(H,25,26). The molecule has 27 heavy (non-hydrogen) atoms. The maximum absolute atomic E-state index is 12.2. The number of aliphatic carboxylic acids is 1. The number of nitrogens with zero attached hydrogens (tertiary/aromatic N) is 2. The van der Waals surface area contributed by atoms with Crippen LogP contribution in [0.25, 0.3) is 0 Å². The topological polar surface area (TPSA) is 72.9 Å². The van der Waals surface area contributed by atoms with Gasteiger partial charge in [-0.25, -0.2) is 4.79 Å². The van der Waals surface area contributed by atoms with Crippen molar-refractivity contribution in [1.29, 1.82) is 0 Å². The van der Waals surface area contributed by atoms with Crippen molar-refractivity contribution < 1.29 is 14.7 Å². The first-order valence-corrected chi connectivity index (χ1v) is 9.96. The van der Waals surface area contributed by atoms with Crippen LogP contribution in [0.2, 0.25) is 0 Å². The smallest absolute Gasteiger partial charge is 0.317 e. The Kier molecular flexibility index (Phi) is 6.37. The van der Waals surface area contributed by atoms with Gasteiger partial charge in [-0.15, -0.1) is 0 Å². The lowest BCUT2D eigenvalue weighted by molar-refractivity contribution is -0.141. The molecule has 3 atom stereocenters. The molecule has 2 amide bonds. The summed E-state index contributed by atoms with van der Waals surface area (Å²) < 4.78 is 0. The molecule has 2 N–H and O–H groups in total. The Morgan fingerprint density at radius 2 is 1.70 bits per heavy atom. The zero-order chi connectivity index (χ0) is 19.4. The highest BCUT2D eigenvalue weighted by atomic mass is 16.4. The van der Waals surface area contributed by atoms with Gasteiger partial charge in [-0.3, -0.25) is 9.69 Å². The van der Waals surface area contributed by atoms with Crippen molar-refractivity contribution in [3.63, 3.8) is 0 Å². The van der Waals surface area contributed by atoms with Gasteiger partial charge in [0.1, 0.15) is 0 Å². The summed E-state index contributed by atoms with van der Waals surface area (Å²) in [6.45, 7) is 9.23. The molecule has 3 rings (SSSR count). The number of carbonyl (C=O) groups is 2. The van der Waals surface area contributed by atoms with Gasteiger partial charge in [0.05, 0.1) is 5.92 Å². The number of carboxylic acid groups (broad SMARTS) is 1. The zero-order valence-corrected chi connectivity index (χ0v) is 16.4. The van der Waals surface area contributed by atoms with Crippen LogP contribution >= 0.6 is 0 Å². The molecule has 2 aliphatic heterocycles. The van der Waals surface area contributed by atoms with Gasteiger partial charge in [-0.1, -0.05) is 38.1 Å². The number of nitrogens with one attached hydrogen (secondary N) is 1. The summed E-state index contributed by atoms with van der Waals surface area (Å²) >= 11 is 0. The molecule has 2 heterocycles. The van der Waals surface area contributed by atoms with Crippen LogP contribution in [0.1, 0.15) is 37.8 Å². The van der Waals surface area contributed by atoms with E-state index in [0.29, 0.717) is 26.1 Å². The molecule has 1 aromatic carbocycles. The van der Waals surface area contributed by atoms with Crippen LogP contribution in [0, 0.1) is 17.8 Å². The number of piperidine rings is 1. The first-order chi connectivity index (χ1) is 12.9. The van der Waals surface area contributed by atoms with Gasteiger partial charge >= 0.3 is 12.0 Å². The quantitative estimate of drug-likeness (QED) is 0.832. The minimum absolute atomic E-state index is 0.181. The van der Waals surface area contributed by atoms with Gasteiger partial charge in [0, 0.05) is 39.3 Å². The lowest BCUT2D eigenvalue weighted by Crippen LogP contribution is -2.38. The summed E-state index contributed by atoms with van der Waals surface area (Å²) in [7, 11) is 0. The average Bonchev–Trinajstić information content (AvgIpc) is 3.10. The second-order valence-electron chi connectivity index (χ2n) is 8.39. The van der Waals surface area contributed by atoms with E-state index in [1.54, 1.807) is 4.90 Å². The number of urea groups is 1. The summed E-state index contributed by atoms with van der Waals surface area (Å²) in [6.07, 6.45) is 1.85. The van der Waals surface area contributed by atoms with Crippen molar-refractivity contribution >= 4 is 12.0 Å². The second-order valence-corrected chi connectivity index (χ2v) is 8.39. The monoisotopic (exact) mass is 373 g/mol. The van der Waals surface area contributed by atoms with E-state index in [4.69, 9.17) is 5.11 Å². The largest absolute Gasteiger partial charge is 0.481 e. The summed E-state index contributed by atoms with van der Waals surface area (Å²) in [5.74, 6) is 0.262. The Bertz CT molecular complexity index is 651. The van der Waals surface area contributed by atoms with Crippen molar-refractivity contribution in [1.82, 2.24) is 15.1 Å². The van der Waals surface area contributed by atoms with Gasteiger partial charge in [0.25, 0.3) is 0 Å². The number of rotatable bonds is 5. The zero-order valence-electron chi connectivity index (χ0n) is 16.4. The molecule has 148 valence electrons. The molecule has 2 saturated heterocycles. The molecule has 0 bridgehead atoms. The van der Waals surface area contributed by atoms with Crippen molar-refractivity contribution in [2.24, 2.45) is 17.8 Å². The van der Waals surface area contributed by atoms with E-state index in [9.17, 15) is 9.59 Å². The van der Waals surface area contributed by atoms with Crippen LogP contribution in [-0.2, 0) is 17.9 Å². The third kappa shape index (κ3) is 5.45. The Morgan fingerprint density at radius 3 is 2.30 bits per heavy atom. The van der Waals surface area contributed by atoms with Crippen LogP contribution in [0.5, 0.6) is 0 Å². The predicted octanol–water partition coefficient (Wildman–Crippen LogP) is 2.78. The number of hydrogen-bond acceptors (Lipinski definition) is 3. The van der Waals surface area contributed by atoms with Crippen LogP contribution < -0.4 is 5.32 Å². The minimum atomic E-state index is -0.821. The molecular formula is C21H31N3O3. The fourth-order valence-electron chi connectivity index (χ4n) is 4.38. The fraction of sp³-hybridized carbons (Fsp3) is 0.619. The maximum Gasteiger partial charge on any atom is 0.317 e. The van der Waals surface area contributed by atoms with Gasteiger partial charge in [0.15, 0.2) is 0 Å². The van der Waals surface area contributed by atoms with Gasteiger partial charge in [0.2, 0.25) is 0 Å². The normalized spacial score (nSPS) is 26.1. The first-order valence-electron chi connectivity index (χ1n) is 9.96. The van der Waals surface area contributed by atoms with Crippen molar-refractivity contribution in [3.05, 3.63) is 35.4 Å². The van der Waals surface area contributed by atoms with Crippen molar-refractivity contribution in [2.45, 2.75) is 39.8 Å². The molecule has 0 saturated carbocycles. The lowest BCUT2D eigenvalue weighted by atomic mass is 9.91. The molecule has 6 heteroatoms. The van der Waals surface area contributed by atoms with Crippen molar-refractivity contribution in [2.75, 3.05) is 26.2 Å². The maximum atomic E-state index is 12.2. The summed E-state index contributed by atoms with van der Waals surface area (Å²) in [4.78, 5) is 27.3. The van der Waals surface area contributed by atoms with E-state index >= 15 is 0 Å². The molecule has 0 spiro atoms. The molecule has 1 aromatic rings. The van der Waals surface area contributed by atoms with Crippen LogP contribution in [0.3, 0.4) is 0 Å². The van der Waals surface area contributed by atoms with E-state index < -0.39 is 11.9 Å². The SMILES string of the molecule is CC1CC(C)CN(Cc2ccc(CNC(=O)N3CCC(C(=O)O)C3)cc2)C1. The van der Waals surface area contributed by atoms with Crippen LogP contribution in [0.15, 0.2) is 24.3 Å². The average molecular weight is 373 g/mol. The molecule has 2 fully saturated rings. The fourth-order valence-corrected chi connectivity index (χ4v) is 4.38. The molecule has 3 unspecified atom stereocenters. The van der Waals surface area contributed by atoms with Gasteiger partial charge < -0.3 is 15.3 Å². The van der Waals surface area contributed by atoms with Crippen LogP contribution in [-0.4, -0.2) is 53.1 Å². The molecular weight excluding hydrogens is 342 g/mol. The van der Waals surface area contributed by atoms with Crippen LogP contribution in [0.4, 0.5) is 4.79 Å². The highest BCUT2D eigenvalue weighted by Gasteiger charge is 2.30. The number of carbonyl (C=O) groups excluding carboxylic acids is 1. The first kappa shape index (κ1) is 19.7. The summed E-state index contributed by atoms with van der Waals surface area (Å²) in [5.41, 5.74) is 2.36. The Balaban J connectivity index is 1.45. The number of carboxylic acids is 1. The number of amides is 2. The number of hydrogen-bond donors (Lipinski definition) is 2. The predicted molar refractivity (Wildman–Crippen MR) is 104 cm³/mol. The molecule has 2 aliphatic rings. The van der Waals surface area contributed by atoms with Gasteiger partial charge in [-0.2, -0.15) is 0 Å². The molecule has 0 radical (unpaired) electrons. The van der Waals surface area contributed by atoms with Gasteiger partial charge in [-0.05, 0) is 35.8 Å². The lowest BCUT2D eigenvalue weighted by Gasteiger charge is -2.35. The van der Waals surface area contributed by atoms with E-state index in [1.165, 1.54) is 12.0 Å². The van der Waals surface area contributed by atoms with Crippen molar-refractivity contribution in [3.8, 4) is 0 Å². The highest BCUT2D eigenvalue weighted by Crippen LogP contribution is 2.22. The van der Waals surface area contributed by atoms with E-state index in [-0.39, 0.29) is 6.03 Å². The Morgan fingerprint density at radius 1 is 1.07 bits per heavy atom. The molecule has 0 aromatic heterocycles. The minimum Gasteiger partial charge on any atom is -0.481 e. The summed E-state index contributed by atoms with van der Waals surface area (Å²) in [5, 5.41) is 11.9. The third-order valence-electron chi connectivity index (χ3n) is 5.64. The summed E-state index contributed by atoms with van der Waals surface area (Å²) in [6, 6.07) is 8.23. The Labute approximate surface area is 161 Å². The molecule has 6 nitrogen and oxygen atoms in total. The third-order valence-corrected chi connectivity index (χ3v) is 5.64.